The minimum Gasteiger partial charge on any atom is -0.497 e. The molecule has 0 unspecified atom stereocenters. The molecule has 2 aromatic heterocycles. The predicted molar refractivity (Wildman–Crippen MR) is 114 cm³/mol. The molecule has 0 fully saturated rings. The molecule has 29 heavy (non-hydrogen) atoms. The van der Waals surface area contributed by atoms with Gasteiger partial charge in [-0.25, -0.2) is 0 Å². The molecule has 0 amide bonds. The third kappa shape index (κ3) is 2.66. The summed E-state index contributed by atoms with van der Waals surface area (Å²) in [5.41, 5.74) is 3.39. The lowest BCUT2D eigenvalue weighted by Crippen LogP contribution is -2.20. The molecule has 0 saturated carbocycles. The Kier molecular flexibility index (Phi) is 3.85. The highest BCUT2D eigenvalue weighted by atomic mass is 16.5. The van der Waals surface area contributed by atoms with Gasteiger partial charge in [-0.15, -0.1) is 0 Å². The number of methoxy groups -OCH3 is 1. The topological polar surface area (TPSA) is 70.8 Å². The van der Waals surface area contributed by atoms with Gasteiger partial charge in [0.2, 0.25) is 0 Å². The molecule has 5 nitrogen and oxygen atoms in total. The van der Waals surface area contributed by atoms with E-state index in [1.54, 1.807) is 17.7 Å². The number of nitrogens with zero attached hydrogens (tertiary/aromatic N) is 2. The van der Waals surface area contributed by atoms with E-state index in [4.69, 9.17) is 4.74 Å². The lowest BCUT2D eigenvalue weighted by molar-refractivity contribution is 0.414. The molecule has 0 aliphatic heterocycles. The van der Waals surface area contributed by atoms with E-state index in [1.165, 1.54) is 0 Å². The van der Waals surface area contributed by atoms with Gasteiger partial charge < -0.3 is 14.3 Å². The van der Waals surface area contributed by atoms with Gasteiger partial charge in [-0.2, -0.15) is 5.26 Å². The normalized spacial score (nSPS) is 11.2. The highest BCUT2D eigenvalue weighted by Gasteiger charge is 2.14. The largest absolute Gasteiger partial charge is 0.497 e. The maximum atomic E-state index is 13.2. The fraction of sp³-hybridized carbons (Fsp3) is 0.0833. The number of nitriles is 1. The molecule has 5 aromatic rings. The van der Waals surface area contributed by atoms with Crippen molar-refractivity contribution < 1.29 is 4.74 Å². The summed E-state index contributed by atoms with van der Waals surface area (Å²) in [6.45, 7) is 0.480. The highest BCUT2D eigenvalue weighted by Crippen LogP contribution is 2.33. The quantitative estimate of drug-likeness (QED) is 0.499. The number of hydrogen-bond acceptors (Lipinski definition) is 3. The molecule has 140 valence electrons. The molecule has 2 heterocycles. The molecule has 0 aliphatic rings. The van der Waals surface area contributed by atoms with Gasteiger partial charge in [0.25, 0.3) is 5.56 Å². The molecule has 0 atom stereocenters. The third-order valence-electron chi connectivity index (χ3n) is 5.37. The zero-order valence-corrected chi connectivity index (χ0v) is 15.8. The monoisotopic (exact) mass is 379 g/mol. The van der Waals surface area contributed by atoms with Crippen molar-refractivity contribution in [2.75, 3.05) is 7.11 Å². The van der Waals surface area contributed by atoms with E-state index in [2.05, 4.69) is 11.1 Å². The number of pyridine rings is 1. The Morgan fingerprint density at radius 3 is 2.52 bits per heavy atom. The molecular weight excluding hydrogens is 362 g/mol. The van der Waals surface area contributed by atoms with E-state index in [-0.39, 0.29) is 5.56 Å². The number of aromatic nitrogens is 2. The standard InChI is InChI=1S/C24H17N3O2/c1-29-17-7-5-15(6-8-17)14-27-12-11-18-19(24(27)28)9-10-21-23(18)22-16(13-25)3-2-4-20(22)26-21/h2-12,26H,14H2,1H3. The first-order valence-corrected chi connectivity index (χ1v) is 9.29. The molecule has 3 aromatic carbocycles. The van der Waals surface area contributed by atoms with E-state index in [1.807, 2.05) is 60.8 Å². The van der Waals surface area contributed by atoms with Crippen molar-refractivity contribution in [3.63, 3.8) is 0 Å². The molecule has 5 heteroatoms. The van der Waals surface area contributed by atoms with Gasteiger partial charge in [-0.3, -0.25) is 4.79 Å². The van der Waals surface area contributed by atoms with Crippen LogP contribution >= 0.6 is 0 Å². The zero-order valence-electron chi connectivity index (χ0n) is 15.8. The summed E-state index contributed by atoms with van der Waals surface area (Å²) in [5, 5.41) is 12.8. The summed E-state index contributed by atoms with van der Waals surface area (Å²) in [6.07, 6.45) is 1.82. The van der Waals surface area contributed by atoms with Crippen LogP contribution in [-0.2, 0) is 6.54 Å². The fourth-order valence-electron chi connectivity index (χ4n) is 3.96. The average molecular weight is 379 g/mol. The van der Waals surface area contributed by atoms with E-state index >= 15 is 0 Å². The van der Waals surface area contributed by atoms with Crippen molar-refractivity contribution in [3.05, 3.63) is 88.3 Å². The maximum absolute atomic E-state index is 13.2. The van der Waals surface area contributed by atoms with Crippen LogP contribution in [0.1, 0.15) is 11.1 Å². The molecular formula is C24H17N3O2. The Labute approximate surface area is 166 Å². The second-order valence-corrected chi connectivity index (χ2v) is 7.01. The van der Waals surface area contributed by atoms with Crippen LogP contribution in [0.2, 0.25) is 0 Å². The maximum Gasteiger partial charge on any atom is 0.258 e. The van der Waals surface area contributed by atoms with Crippen molar-refractivity contribution in [3.8, 4) is 11.8 Å². The van der Waals surface area contributed by atoms with E-state index < -0.39 is 0 Å². The van der Waals surface area contributed by atoms with Crippen LogP contribution in [0.4, 0.5) is 0 Å². The first kappa shape index (κ1) is 17.1. The molecule has 0 aliphatic carbocycles. The summed E-state index contributed by atoms with van der Waals surface area (Å²) >= 11 is 0. The molecule has 1 N–H and O–H groups in total. The van der Waals surface area contributed by atoms with Crippen molar-refractivity contribution in [1.82, 2.24) is 9.55 Å². The number of benzene rings is 3. The van der Waals surface area contributed by atoms with Gasteiger partial charge in [-0.1, -0.05) is 18.2 Å². The molecule has 0 bridgehead atoms. The first-order valence-electron chi connectivity index (χ1n) is 9.29. The fourth-order valence-corrected chi connectivity index (χ4v) is 3.96. The van der Waals surface area contributed by atoms with E-state index in [9.17, 15) is 10.1 Å². The number of hydrogen-bond donors (Lipinski definition) is 1. The van der Waals surface area contributed by atoms with E-state index in [0.29, 0.717) is 17.5 Å². The van der Waals surface area contributed by atoms with Crippen LogP contribution in [0.3, 0.4) is 0 Å². The Hall–Kier alpha value is -4.04. The van der Waals surface area contributed by atoms with Crippen LogP contribution in [-0.4, -0.2) is 16.7 Å². The minimum absolute atomic E-state index is 0.0518. The number of nitrogens with one attached hydrogen (secondary N) is 1. The predicted octanol–water partition coefficient (Wildman–Crippen LogP) is 4.56. The van der Waals surface area contributed by atoms with Crippen molar-refractivity contribution in [2.24, 2.45) is 0 Å². The van der Waals surface area contributed by atoms with Crippen LogP contribution in [0, 0.1) is 11.3 Å². The lowest BCUT2D eigenvalue weighted by atomic mass is 10.0. The number of fused-ring (bicyclic) bond motifs is 5. The third-order valence-corrected chi connectivity index (χ3v) is 5.37. The van der Waals surface area contributed by atoms with Gasteiger partial charge >= 0.3 is 0 Å². The van der Waals surface area contributed by atoms with Crippen LogP contribution in [0.5, 0.6) is 5.75 Å². The second kappa shape index (κ2) is 6.54. The van der Waals surface area contributed by atoms with Gasteiger partial charge in [0.1, 0.15) is 5.75 Å². The number of aromatic amines is 1. The summed E-state index contributed by atoms with van der Waals surface area (Å²) in [4.78, 5) is 16.5. The average Bonchev–Trinajstić information content (AvgIpc) is 3.15. The number of H-pyrrole nitrogens is 1. The van der Waals surface area contributed by atoms with Gasteiger partial charge in [0.05, 0.1) is 25.3 Å². The minimum atomic E-state index is -0.0518. The first-order chi connectivity index (χ1) is 14.2. The summed E-state index contributed by atoms with van der Waals surface area (Å²) < 4.78 is 6.90. The molecule has 0 saturated heterocycles. The van der Waals surface area contributed by atoms with Crippen LogP contribution < -0.4 is 10.3 Å². The summed E-state index contributed by atoms with van der Waals surface area (Å²) in [6, 6.07) is 21.3. The smallest absolute Gasteiger partial charge is 0.258 e. The number of ether oxygens (including phenoxy) is 1. The molecule has 0 radical (unpaired) electrons. The van der Waals surface area contributed by atoms with Crippen molar-refractivity contribution >= 4 is 32.6 Å². The summed E-state index contributed by atoms with van der Waals surface area (Å²) in [7, 11) is 1.63. The Morgan fingerprint density at radius 1 is 0.966 bits per heavy atom. The van der Waals surface area contributed by atoms with Crippen molar-refractivity contribution in [1.29, 1.82) is 5.26 Å². The SMILES string of the molecule is COc1ccc(Cn2ccc3c(ccc4[nH]c5cccc(C#N)c5c43)c2=O)cc1. The second-order valence-electron chi connectivity index (χ2n) is 7.01. The van der Waals surface area contributed by atoms with E-state index in [0.717, 1.165) is 38.5 Å². The lowest BCUT2D eigenvalue weighted by Gasteiger charge is -2.09. The molecule has 5 rings (SSSR count). The highest BCUT2D eigenvalue weighted by molar-refractivity contribution is 6.21. The Morgan fingerprint density at radius 2 is 1.76 bits per heavy atom. The van der Waals surface area contributed by atoms with Gasteiger partial charge in [-0.05, 0) is 53.4 Å². The summed E-state index contributed by atoms with van der Waals surface area (Å²) in [5.74, 6) is 0.787. The Balaban J connectivity index is 1.71. The van der Waals surface area contributed by atoms with Crippen LogP contribution in [0.15, 0.2) is 71.7 Å². The Bertz CT molecular complexity index is 1490. The van der Waals surface area contributed by atoms with Crippen LogP contribution in [0.25, 0.3) is 32.6 Å². The van der Waals surface area contributed by atoms with Crippen molar-refractivity contribution in [2.45, 2.75) is 6.54 Å². The van der Waals surface area contributed by atoms with Gasteiger partial charge in [0.15, 0.2) is 0 Å². The number of rotatable bonds is 3. The van der Waals surface area contributed by atoms with Gasteiger partial charge in [0, 0.05) is 33.4 Å². The zero-order chi connectivity index (χ0) is 20.0. The molecule has 0 spiro atoms.